The molecule has 1 aromatic rings. The van der Waals surface area contributed by atoms with Gasteiger partial charge < -0.3 is 18.9 Å². The third kappa shape index (κ3) is 11.1. The van der Waals surface area contributed by atoms with Crippen LogP contribution in [0.5, 0.6) is 5.75 Å². The van der Waals surface area contributed by atoms with Crippen LogP contribution >= 0.6 is 0 Å². The predicted octanol–water partition coefficient (Wildman–Crippen LogP) is 4.34. The molecule has 0 aliphatic carbocycles. The number of esters is 1. The molecule has 0 unspecified atom stereocenters. The largest absolute Gasteiger partial charge is 0.494 e. The number of ether oxygens (including phenoxy) is 4. The number of hydrogen-bond donors (Lipinski definition) is 0. The van der Waals surface area contributed by atoms with Crippen LogP contribution in [0.15, 0.2) is 24.3 Å². The van der Waals surface area contributed by atoms with Crippen molar-refractivity contribution in [2.45, 2.75) is 59.0 Å². The fourth-order valence-corrected chi connectivity index (χ4v) is 2.19. The highest BCUT2D eigenvalue weighted by molar-refractivity contribution is 5.71. The number of hydrogen-bond acceptors (Lipinski definition) is 5. The zero-order chi connectivity index (χ0) is 19.4. The van der Waals surface area contributed by atoms with Crippen molar-refractivity contribution in [2.24, 2.45) is 0 Å². The van der Waals surface area contributed by atoms with Gasteiger partial charge in [0.15, 0.2) is 0 Å². The Morgan fingerprint density at radius 3 is 2.08 bits per heavy atom. The van der Waals surface area contributed by atoms with E-state index in [2.05, 4.69) is 26.0 Å². The standard InChI is InChI=1S/C21H34O5/c1-17(2)18-8-10-19(11-9-18)25-15-7-13-23-12-6-14-24-16-20(22)26-21(3,4)5/h8-11,17H,6-7,12-16H2,1-5H3. The maximum absolute atomic E-state index is 11.4. The molecular formula is C21H34O5. The fourth-order valence-electron chi connectivity index (χ4n) is 2.19. The maximum atomic E-state index is 11.4. The SMILES string of the molecule is CC(C)c1ccc(OCCCOCCCOCC(=O)OC(C)(C)C)cc1. The smallest absolute Gasteiger partial charge is 0.332 e. The quantitative estimate of drug-likeness (QED) is 0.407. The summed E-state index contributed by atoms with van der Waals surface area (Å²) in [5, 5.41) is 0. The van der Waals surface area contributed by atoms with Gasteiger partial charge in [-0.1, -0.05) is 26.0 Å². The second-order valence-electron chi connectivity index (χ2n) is 7.53. The lowest BCUT2D eigenvalue weighted by Crippen LogP contribution is -2.26. The molecule has 5 nitrogen and oxygen atoms in total. The molecule has 1 rings (SSSR count). The third-order valence-corrected chi connectivity index (χ3v) is 3.47. The van der Waals surface area contributed by atoms with E-state index in [0.717, 1.165) is 18.6 Å². The number of benzene rings is 1. The molecule has 0 aromatic heterocycles. The van der Waals surface area contributed by atoms with E-state index >= 15 is 0 Å². The van der Waals surface area contributed by atoms with Crippen molar-refractivity contribution in [1.82, 2.24) is 0 Å². The van der Waals surface area contributed by atoms with Crippen LogP contribution in [0.2, 0.25) is 0 Å². The van der Waals surface area contributed by atoms with Gasteiger partial charge in [0.1, 0.15) is 18.0 Å². The van der Waals surface area contributed by atoms with E-state index < -0.39 is 5.60 Å². The minimum Gasteiger partial charge on any atom is -0.494 e. The molecule has 0 heterocycles. The van der Waals surface area contributed by atoms with Gasteiger partial charge in [-0.25, -0.2) is 4.79 Å². The Bertz CT molecular complexity index is 502. The average molecular weight is 366 g/mol. The summed E-state index contributed by atoms with van der Waals surface area (Å²) in [5.41, 5.74) is 0.844. The molecular weight excluding hydrogens is 332 g/mol. The van der Waals surface area contributed by atoms with Crippen molar-refractivity contribution in [3.05, 3.63) is 29.8 Å². The summed E-state index contributed by atoms with van der Waals surface area (Å²) in [7, 11) is 0. The molecule has 0 amide bonds. The first-order valence-corrected chi connectivity index (χ1v) is 9.38. The summed E-state index contributed by atoms with van der Waals surface area (Å²) in [4.78, 5) is 11.4. The van der Waals surface area contributed by atoms with Crippen molar-refractivity contribution < 1.29 is 23.7 Å². The highest BCUT2D eigenvalue weighted by Crippen LogP contribution is 2.18. The van der Waals surface area contributed by atoms with Crippen molar-refractivity contribution in [2.75, 3.05) is 33.0 Å². The minimum absolute atomic E-state index is 0.0132. The Kier molecular flexibility index (Phi) is 10.3. The molecule has 26 heavy (non-hydrogen) atoms. The molecule has 0 radical (unpaired) electrons. The lowest BCUT2D eigenvalue weighted by atomic mass is 10.0. The van der Waals surface area contributed by atoms with E-state index in [-0.39, 0.29) is 12.6 Å². The van der Waals surface area contributed by atoms with Gasteiger partial charge in [0, 0.05) is 26.2 Å². The molecule has 0 N–H and O–H groups in total. The van der Waals surface area contributed by atoms with E-state index in [0.29, 0.717) is 32.3 Å². The normalized spacial score (nSPS) is 11.6. The molecule has 0 fully saturated rings. The summed E-state index contributed by atoms with van der Waals surface area (Å²) in [5.74, 6) is 1.09. The number of carbonyl (C=O) groups is 1. The lowest BCUT2D eigenvalue weighted by Gasteiger charge is -2.19. The summed E-state index contributed by atoms with van der Waals surface area (Å²) in [6.45, 7) is 12.2. The van der Waals surface area contributed by atoms with Gasteiger partial charge in [0.2, 0.25) is 0 Å². The van der Waals surface area contributed by atoms with Gasteiger partial charge in [0.25, 0.3) is 0 Å². The number of carbonyl (C=O) groups excluding carboxylic acids is 1. The second kappa shape index (κ2) is 11.9. The van der Waals surface area contributed by atoms with Crippen LogP contribution in [-0.4, -0.2) is 44.6 Å². The molecule has 148 valence electrons. The Balaban J connectivity index is 1.94. The van der Waals surface area contributed by atoms with Crippen molar-refractivity contribution in [3.8, 4) is 5.75 Å². The molecule has 0 aliphatic heterocycles. The Labute approximate surface area is 158 Å². The van der Waals surface area contributed by atoms with E-state index in [1.807, 2.05) is 32.9 Å². The maximum Gasteiger partial charge on any atom is 0.332 e. The molecule has 1 aromatic carbocycles. The number of rotatable bonds is 12. The Morgan fingerprint density at radius 2 is 1.50 bits per heavy atom. The zero-order valence-corrected chi connectivity index (χ0v) is 16.9. The molecule has 0 saturated heterocycles. The summed E-state index contributed by atoms with van der Waals surface area (Å²) in [6, 6.07) is 8.23. The van der Waals surface area contributed by atoms with Gasteiger partial charge in [-0.15, -0.1) is 0 Å². The van der Waals surface area contributed by atoms with Crippen LogP contribution in [-0.2, 0) is 19.0 Å². The molecule has 0 aliphatic rings. The lowest BCUT2D eigenvalue weighted by molar-refractivity contribution is -0.160. The van der Waals surface area contributed by atoms with Crippen LogP contribution in [0.3, 0.4) is 0 Å². The second-order valence-corrected chi connectivity index (χ2v) is 7.53. The highest BCUT2D eigenvalue weighted by Gasteiger charge is 2.15. The van der Waals surface area contributed by atoms with Crippen molar-refractivity contribution in [1.29, 1.82) is 0 Å². The van der Waals surface area contributed by atoms with E-state index in [1.54, 1.807) is 0 Å². The molecule has 0 atom stereocenters. The first-order chi connectivity index (χ1) is 12.3. The van der Waals surface area contributed by atoms with Gasteiger partial charge in [-0.3, -0.25) is 0 Å². The van der Waals surface area contributed by atoms with Crippen LogP contribution in [0.1, 0.15) is 58.9 Å². The molecule has 0 bridgehead atoms. The van der Waals surface area contributed by atoms with Crippen LogP contribution < -0.4 is 4.74 Å². The fraction of sp³-hybridized carbons (Fsp3) is 0.667. The predicted molar refractivity (Wildman–Crippen MR) is 103 cm³/mol. The molecule has 0 saturated carbocycles. The zero-order valence-electron chi connectivity index (χ0n) is 16.9. The van der Waals surface area contributed by atoms with E-state index in [9.17, 15) is 4.79 Å². The van der Waals surface area contributed by atoms with Gasteiger partial charge >= 0.3 is 5.97 Å². The first-order valence-electron chi connectivity index (χ1n) is 9.38. The van der Waals surface area contributed by atoms with E-state index in [1.165, 1.54) is 5.56 Å². The molecule has 5 heteroatoms. The summed E-state index contributed by atoms with van der Waals surface area (Å²) in [6.07, 6.45) is 1.59. The minimum atomic E-state index is -0.470. The van der Waals surface area contributed by atoms with Crippen LogP contribution in [0.4, 0.5) is 0 Å². The van der Waals surface area contributed by atoms with Gasteiger partial charge in [-0.2, -0.15) is 0 Å². The van der Waals surface area contributed by atoms with Crippen molar-refractivity contribution in [3.63, 3.8) is 0 Å². The van der Waals surface area contributed by atoms with E-state index in [4.69, 9.17) is 18.9 Å². The highest BCUT2D eigenvalue weighted by atomic mass is 16.6. The van der Waals surface area contributed by atoms with Crippen LogP contribution in [0, 0.1) is 0 Å². The Morgan fingerprint density at radius 1 is 0.923 bits per heavy atom. The van der Waals surface area contributed by atoms with Gasteiger partial charge in [0.05, 0.1) is 6.61 Å². The Hall–Kier alpha value is -1.59. The monoisotopic (exact) mass is 366 g/mol. The average Bonchev–Trinajstić information content (AvgIpc) is 2.55. The van der Waals surface area contributed by atoms with Crippen molar-refractivity contribution >= 4 is 5.97 Å². The van der Waals surface area contributed by atoms with Gasteiger partial charge in [-0.05, 0) is 50.8 Å². The topological polar surface area (TPSA) is 54.0 Å². The molecule has 0 spiro atoms. The van der Waals surface area contributed by atoms with Crippen LogP contribution in [0.25, 0.3) is 0 Å². The summed E-state index contributed by atoms with van der Waals surface area (Å²) >= 11 is 0. The summed E-state index contributed by atoms with van der Waals surface area (Å²) < 4.78 is 21.7. The first kappa shape index (κ1) is 22.5. The third-order valence-electron chi connectivity index (χ3n) is 3.47.